The van der Waals surface area contributed by atoms with E-state index in [1.165, 1.54) is 11.1 Å². The minimum atomic E-state index is -0.146. The molecule has 1 saturated heterocycles. The summed E-state index contributed by atoms with van der Waals surface area (Å²) in [5.41, 5.74) is 4.16. The van der Waals surface area contributed by atoms with E-state index in [1.54, 1.807) is 34.9 Å². The van der Waals surface area contributed by atoms with Crippen LogP contribution in [0.2, 0.25) is 0 Å². The number of hydrogen-bond donors (Lipinski definition) is 1. The lowest BCUT2D eigenvalue weighted by atomic mass is 10.0. The summed E-state index contributed by atoms with van der Waals surface area (Å²) in [4.78, 5) is 33.0. The Morgan fingerprint density at radius 2 is 1.67 bits per heavy atom. The number of aromatic nitrogens is 2. The maximum absolute atomic E-state index is 13.1. The molecule has 36 heavy (non-hydrogen) atoms. The van der Waals surface area contributed by atoms with Crippen molar-refractivity contribution in [3.8, 4) is 5.69 Å². The second-order valence-electron chi connectivity index (χ2n) is 9.15. The number of rotatable bonds is 6. The fraction of sp³-hybridized carbons (Fsp3) is 0.276. The van der Waals surface area contributed by atoms with Crippen molar-refractivity contribution in [2.24, 2.45) is 0 Å². The summed E-state index contributed by atoms with van der Waals surface area (Å²) in [6.07, 6.45) is 0. The lowest BCUT2D eigenvalue weighted by molar-refractivity contribution is 0.0162. The van der Waals surface area contributed by atoms with Crippen LogP contribution in [0, 0.1) is 13.8 Å². The van der Waals surface area contributed by atoms with Crippen LogP contribution in [0.5, 0.6) is 0 Å². The van der Waals surface area contributed by atoms with Crippen molar-refractivity contribution in [2.45, 2.75) is 19.9 Å². The number of carbonyl (C=O) groups excluding carboxylic acids is 1. The molecule has 5 rings (SSSR count). The number of ether oxygens (including phenoxy) is 1. The fourth-order valence-electron chi connectivity index (χ4n) is 4.74. The Balaban J connectivity index is 1.34. The maximum Gasteiger partial charge on any atom is 0.265 e. The number of para-hydroxylation sites is 1. The fourth-order valence-corrected chi connectivity index (χ4v) is 4.74. The Morgan fingerprint density at radius 3 is 2.39 bits per heavy atom. The number of nitrogens with one attached hydrogen (secondary N) is 1. The standard InChI is InChI=1S/C29H30N4O3/c1-20-7-9-22(10-8-20)27(32-15-17-36-18-16-32)19-30-28(34)23-11-13-24(14-12-23)33-21(2)31-26-6-4-3-5-25(26)29(33)35/h3-14,27H,15-19H2,1-2H3,(H,30,34). The monoisotopic (exact) mass is 482 g/mol. The van der Waals surface area contributed by atoms with E-state index in [0.717, 1.165) is 13.1 Å². The summed E-state index contributed by atoms with van der Waals surface area (Å²) in [7, 11) is 0. The van der Waals surface area contributed by atoms with Gasteiger partial charge in [0.1, 0.15) is 5.82 Å². The first-order chi connectivity index (χ1) is 17.5. The molecule has 0 saturated carbocycles. The first-order valence-electron chi connectivity index (χ1n) is 12.3. The van der Waals surface area contributed by atoms with Crippen LogP contribution >= 0.6 is 0 Å². The zero-order valence-electron chi connectivity index (χ0n) is 20.6. The molecule has 4 aromatic rings. The number of aryl methyl sites for hydroxylation is 2. The van der Waals surface area contributed by atoms with Crippen LogP contribution in [0.15, 0.2) is 77.6 Å². The van der Waals surface area contributed by atoms with Crippen molar-refractivity contribution in [1.82, 2.24) is 19.8 Å². The Kier molecular flexibility index (Phi) is 6.93. The molecule has 184 valence electrons. The third-order valence-electron chi connectivity index (χ3n) is 6.74. The van der Waals surface area contributed by atoms with Crippen LogP contribution in [0.1, 0.15) is 33.4 Å². The molecule has 1 amide bonds. The Hall–Kier alpha value is -3.81. The van der Waals surface area contributed by atoms with Crippen LogP contribution in [-0.2, 0) is 4.74 Å². The van der Waals surface area contributed by atoms with E-state index in [-0.39, 0.29) is 17.5 Å². The predicted molar refractivity (Wildman–Crippen MR) is 141 cm³/mol. The third-order valence-corrected chi connectivity index (χ3v) is 6.74. The molecule has 1 aromatic heterocycles. The topological polar surface area (TPSA) is 76.5 Å². The van der Waals surface area contributed by atoms with Gasteiger partial charge in [0.15, 0.2) is 0 Å². The molecule has 1 aliphatic heterocycles. The van der Waals surface area contributed by atoms with Crippen molar-refractivity contribution in [1.29, 1.82) is 0 Å². The molecule has 2 heterocycles. The summed E-state index contributed by atoms with van der Waals surface area (Å²) < 4.78 is 7.11. The van der Waals surface area contributed by atoms with Gasteiger partial charge in [-0.2, -0.15) is 0 Å². The summed E-state index contributed by atoms with van der Waals surface area (Å²) in [5.74, 6) is 0.454. The van der Waals surface area contributed by atoms with Gasteiger partial charge in [-0.05, 0) is 55.8 Å². The Labute approximate surface area is 210 Å². The van der Waals surface area contributed by atoms with E-state index in [2.05, 4.69) is 46.4 Å². The molecule has 0 aliphatic carbocycles. The van der Waals surface area contributed by atoms with Gasteiger partial charge in [0.25, 0.3) is 11.5 Å². The molecule has 1 N–H and O–H groups in total. The smallest absolute Gasteiger partial charge is 0.265 e. The number of nitrogens with zero attached hydrogens (tertiary/aromatic N) is 3. The van der Waals surface area contributed by atoms with E-state index in [4.69, 9.17) is 4.74 Å². The molecule has 1 fully saturated rings. The molecule has 0 bridgehead atoms. The second-order valence-corrected chi connectivity index (χ2v) is 9.15. The lowest BCUT2D eigenvalue weighted by Crippen LogP contribution is -2.43. The number of hydrogen-bond acceptors (Lipinski definition) is 5. The first kappa shape index (κ1) is 23.9. The molecule has 7 heteroatoms. The van der Waals surface area contributed by atoms with Gasteiger partial charge in [-0.25, -0.2) is 4.98 Å². The average Bonchev–Trinajstić information content (AvgIpc) is 2.91. The molecule has 1 unspecified atom stereocenters. The van der Waals surface area contributed by atoms with E-state index in [9.17, 15) is 9.59 Å². The van der Waals surface area contributed by atoms with E-state index < -0.39 is 0 Å². The molecule has 0 radical (unpaired) electrons. The van der Waals surface area contributed by atoms with Crippen LogP contribution in [0.25, 0.3) is 16.6 Å². The third kappa shape index (κ3) is 4.94. The highest BCUT2D eigenvalue weighted by Crippen LogP contribution is 2.22. The lowest BCUT2D eigenvalue weighted by Gasteiger charge is -2.35. The zero-order chi connectivity index (χ0) is 25.1. The Bertz CT molecular complexity index is 1420. The van der Waals surface area contributed by atoms with E-state index >= 15 is 0 Å². The van der Waals surface area contributed by atoms with Gasteiger partial charge in [0.2, 0.25) is 0 Å². The molecule has 1 aliphatic rings. The number of morpholine rings is 1. The van der Waals surface area contributed by atoms with Gasteiger partial charge in [0, 0.05) is 25.2 Å². The molecule has 1 atom stereocenters. The highest BCUT2D eigenvalue weighted by molar-refractivity contribution is 5.94. The molecular weight excluding hydrogens is 452 g/mol. The molecule has 0 spiro atoms. The summed E-state index contributed by atoms with van der Waals surface area (Å²) in [6.45, 7) is 7.43. The van der Waals surface area contributed by atoms with Crippen molar-refractivity contribution in [3.05, 3.63) is 106 Å². The van der Waals surface area contributed by atoms with Crippen molar-refractivity contribution in [3.63, 3.8) is 0 Å². The molecule has 7 nitrogen and oxygen atoms in total. The largest absolute Gasteiger partial charge is 0.379 e. The van der Waals surface area contributed by atoms with Gasteiger partial charge in [-0.15, -0.1) is 0 Å². The van der Waals surface area contributed by atoms with Crippen LogP contribution in [-0.4, -0.2) is 53.2 Å². The normalized spacial score (nSPS) is 15.1. The minimum absolute atomic E-state index is 0.0719. The number of fused-ring (bicyclic) bond motifs is 1. The zero-order valence-corrected chi connectivity index (χ0v) is 20.6. The average molecular weight is 483 g/mol. The number of amides is 1. The summed E-state index contributed by atoms with van der Waals surface area (Å²) in [6, 6.07) is 23.0. The van der Waals surface area contributed by atoms with Crippen LogP contribution < -0.4 is 10.9 Å². The minimum Gasteiger partial charge on any atom is -0.379 e. The maximum atomic E-state index is 13.1. The van der Waals surface area contributed by atoms with E-state index in [0.29, 0.717) is 47.7 Å². The number of benzene rings is 3. The predicted octanol–water partition coefficient (Wildman–Crippen LogP) is 3.81. The van der Waals surface area contributed by atoms with Crippen molar-refractivity contribution < 1.29 is 9.53 Å². The van der Waals surface area contributed by atoms with Gasteiger partial charge >= 0.3 is 0 Å². The first-order valence-corrected chi connectivity index (χ1v) is 12.3. The summed E-state index contributed by atoms with van der Waals surface area (Å²) >= 11 is 0. The molecule has 3 aromatic carbocycles. The highest BCUT2D eigenvalue weighted by Gasteiger charge is 2.23. The quantitative estimate of drug-likeness (QED) is 0.452. The van der Waals surface area contributed by atoms with Gasteiger partial charge in [-0.3, -0.25) is 19.1 Å². The summed E-state index contributed by atoms with van der Waals surface area (Å²) in [5, 5.41) is 3.68. The molecular formula is C29H30N4O3. The number of carbonyl (C=O) groups is 1. The Morgan fingerprint density at radius 1 is 0.972 bits per heavy atom. The van der Waals surface area contributed by atoms with Gasteiger partial charge in [-0.1, -0.05) is 42.0 Å². The second kappa shape index (κ2) is 10.4. The SMILES string of the molecule is Cc1ccc(C(CNC(=O)c2ccc(-n3c(C)nc4ccccc4c3=O)cc2)N2CCOCC2)cc1. The van der Waals surface area contributed by atoms with E-state index in [1.807, 2.05) is 25.1 Å². The van der Waals surface area contributed by atoms with Gasteiger partial charge in [0.05, 0.1) is 35.8 Å². The van der Waals surface area contributed by atoms with Crippen LogP contribution in [0.4, 0.5) is 0 Å². The van der Waals surface area contributed by atoms with Gasteiger partial charge < -0.3 is 10.1 Å². The van der Waals surface area contributed by atoms with Crippen molar-refractivity contribution in [2.75, 3.05) is 32.8 Å². The highest BCUT2D eigenvalue weighted by atomic mass is 16.5. The van der Waals surface area contributed by atoms with Crippen LogP contribution in [0.3, 0.4) is 0 Å². The van der Waals surface area contributed by atoms with Crippen molar-refractivity contribution >= 4 is 16.8 Å².